The molecule has 0 spiro atoms. The minimum atomic E-state index is 0.380. The molecule has 0 N–H and O–H groups in total. The molecule has 0 atom stereocenters. The first kappa shape index (κ1) is 13.6. The van der Waals surface area contributed by atoms with Gasteiger partial charge in [0.1, 0.15) is 5.82 Å². The van der Waals surface area contributed by atoms with Gasteiger partial charge >= 0.3 is 0 Å². The molecule has 3 aromatic rings. The Morgan fingerprint density at radius 3 is 2.48 bits per heavy atom. The van der Waals surface area contributed by atoms with E-state index in [1.807, 2.05) is 44.2 Å². The van der Waals surface area contributed by atoms with E-state index in [0.717, 1.165) is 29.1 Å². The van der Waals surface area contributed by atoms with Crippen LogP contribution in [0.1, 0.15) is 22.1 Å². The van der Waals surface area contributed by atoms with Crippen LogP contribution < -0.4 is 4.90 Å². The average molecular weight is 280 g/mol. The Bertz CT molecular complexity index is 729. The Kier molecular flexibility index (Phi) is 4.77. The number of hydrogen-bond acceptors (Lipinski definition) is 3. The summed E-state index contributed by atoms with van der Waals surface area (Å²) in [4.78, 5) is 11.0. The van der Waals surface area contributed by atoms with E-state index in [4.69, 9.17) is 1.37 Å². The second kappa shape index (κ2) is 7.39. The number of aromatic nitrogens is 2. The first-order chi connectivity index (χ1) is 10.8. The number of hydrogen-bond donors (Lipinski definition) is 0. The summed E-state index contributed by atoms with van der Waals surface area (Å²) in [6.07, 6.45) is 1.54. The van der Waals surface area contributed by atoms with E-state index in [0.29, 0.717) is 6.04 Å². The van der Waals surface area contributed by atoms with Gasteiger partial charge in [-0.15, -0.1) is 0 Å². The third-order valence-electron chi connectivity index (χ3n) is 3.05. The van der Waals surface area contributed by atoms with Crippen molar-refractivity contribution in [3.63, 3.8) is 0 Å². The lowest BCUT2D eigenvalue weighted by atomic mass is 10.2. The average Bonchev–Trinajstić information content (AvgIpc) is 2.58. The van der Waals surface area contributed by atoms with Crippen molar-refractivity contribution in [3.05, 3.63) is 60.8 Å². The summed E-state index contributed by atoms with van der Waals surface area (Å²) in [6, 6.07) is 16.2. The predicted octanol–water partition coefficient (Wildman–Crippen LogP) is 4.81. The molecule has 0 aliphatic heterocycles. The van der Waals surface area contributed by atoms with E-state index in [1.54, 1.807) is 12.3 Å². The van der Waals surface area contributed by atoms with Gasteiger partial charge in [-0.25, -0.2) is 4.98 Å². The molecule has 108 valence electrons. The number of benzene rings is 1. The minimum Gasteiger partial charge on any atom is -0.327 e. The molecule has 3 nitrogen and oxygen atoms in total. The molecule has 3 heteroatoms. The van der Waals surface area contributed by atoms with Gasteiger partial charge in [0.2, 0.25) is 0 Å². The molecule has 3 rings (SSSR count). The van der Waals surface area contributed by atoms with E-state index in [9.17, 15) is 0 Å². The van der Waals surface area contributed by atoms with Crippen LogP contribution in [0.3, 0.4) is 0 Å². The van der Waals surface area contributed by atoms with Gasteiger partial charge < -0.3 is 4.90 Å². The van der Waals surface area contributed by atoms with Crippen LogP contribution in [0.15, 0.2) is 60.8 Å². The highest BCUT2D eigenvalue weighted by molar-refractivity contribution is 5.77. The Morgan fingerprint density at radius 1 is 1.00 bits per heavy atom. The summed E-state index contributed by atoms with van der Waals surface area (Å²) in [7, 11) is 0. The highest BCUT2D eigenvalue weighted by atomic mass is 15.2. The molecule has 0 amide bonds. The molecule has 0 radical (unpaired) electrons. The van der Waals surface area contributed by atoms with Crippen molar-refractivity contribution in [2.45, 2.75) is 20.8 Å². The number of anilines is 2. The molecular formula is C18H21N3. The van der Waals surface area contributed by atoms with Crippen LogP contribution in [0.5, 0.6) is 0 Å². The molecule has 0 saturated carbocycles. The maximum absolute atomic E-state index is 7.65. The summed E-state index contributed by atoms with van der Waals surface area (Å²) < 4.78 is 7.65. The highest BCUT2D eigenvalue weighted by Crippen LogP contribution is 2.24. The summed E-state index contributed by atoms with van der Waals surface area (Å²) in [5.74, 6) is 0.874. The first-order valence-corrected chi connectivity index (χ1v) is 7.34. The van der Waals surface area contributed by atoms with Crippen LogP contribution in [-0.4, -0.2) is 16.5 Å². The summed E-state index contributed by atoms with van der Waals surface area (Å²) in [6.45, 7) is 6.93. The second-order valence-corrected chi connectivity index (χ2v) is 4.22. The van der Waals surface area contributed by atoms with Gasteiger partial charge in [0, 0.05) is 18.4 Å². The van der Waals surface area contributed by atoms with Crippen molar-refractivity contribution < 1.29 is 1.37 Å². The number of rotatable bonds is 3. The Morgan fingerprint density at radius 2 is 1.76 bits per heavy atom. The molecule has 21 heavy (non-hydrogen) atoms. The monoisotopic (exact) mass is 280 g/mol. The Balaban J connectivity index is 0.000000847. The number of pyridine rings is 2. The highest BCUT2D eigenvalue weighted by Gasteiger charge is 2.08. The van der Waals surface area contributed by atoms with Gasteiger partial charge in [-0.2, -0.15) is 0 Å². The van der Waals surface area contributed by atoms with E-state index in [2.05, 4.69) is 33.9 Å². The molecule has 0 unspecified atom stereocenters. The van der Waals surface area contributed by atoms with Crippen molar-refractivity contribution in [3.8, 4) is 0 Å². The molecule has 1 aromatic carbocycles. The van der Waals surface area contributed by atoms with Gasteiger partial charge in [-0.3, -0.25) is 4.98 Å². The lowest BCUT2D eigenvalue weighted by Gasteiger charge is -2.22. The number of para-hydroxylation sites is 1. The summed E-state index contributed by atoms with van der Waals surface area (Å²) >= 11 is 0. The largest absolute Gasteiger partial charge is 0.327 e. The smallest absolute Gasteiger partial charge is 0.133 e. The topological polar surface area (TPSA) is 29.0 Å². The summed E-state index contributed by atoms with van der Waals surface area (Å²) in [5.41, 5.74) is 2.68. The summed E-state index contributed by atoms with van der Waals surface area (Å²) in [5, 5.41) is 0. The minimum absolute atomic E-state index is 0.380. The zero-order chi connectivity index (χ0) is 15.9. The maximum Gasteiger partial charge on any atom is 0.133 e. The van der Waals surface area contributed by atoms with Gasteiger partial charge in [-0.05, 0) is 43.3 Å². The lowest BCUT2D eigenvalue weighted by Crippen LogP contribution is -2.17. The van der Waals surface area contributed by atoms with Crippen LogP contribution in [0.4, 0.5) is 11.5 Å². The van der Waals surface area contributed by atoms with Gasteiger partial charge in [0.15, 0.2) is 0 Å². The molecule has 0 fully saturated rings. The van der Waals surface area contributed by atoms with Crippen LogP contribution >= 0.6 is 0 Å². The van der Waals surface area contributed by atoms with Crippen LogP contribution in [0, 0.1) is 0 Å². The van der Waals surface area contributed by atoms with E-state index >= 15 is 0 Å². The SMILES string of the molecule is CC.[2H]c1cnc2ccc(N(CC)c3ccccc3)nc2c1. The zero-order valence-electron chi connectivity index (χ0n) is 13.7. The maximum atomic E-state index is 7.65. The van der Waals surface area contributed by atoms with Gasteiger partial charge in [0.05, 0.1) is 12.4 Å². The van der Waals surface area contributed by atoms with Crippen molar-refractivity contribution in [1.82, 2.24) is 9.97 Å². The molecule has 0 aliphatic carbocycles. The predicted molar refractivity (Wildman–Crippen MR) is 90.0 cm³/mol. The Hall–Kier alpha value is -2.42. The van der Waals surface area contributed by atoms with E-state index in [-0.39, 0.29) is 0 Å². The molecule has 0 saturated heterocycles. The molecule has 2 heterocycles. The fourth-order valence-corrected chi connectivity index (χ4v) is 2.13. The second-order valence-electron chi connectivity index (χ2n) is 4.22. The van der Waals surface area contributed by atoms with Crippen molar-refractivity contribution in [1.29, 1.82) is 0 Å². The lowest BCUT2D eigenvalue weighted by molar-refractivity contribution is 0.996. The first-order valence-electron chi connectivity index (χ1n) is 7.84. The third kappa shape index (κ3) is 3.37. The normalized spacial score (nSPS) is 10.5. The van der Waals surface area contributed by atoms with Crippen molar-refractivity contribution >= 4 is 22.5 Å². The van der Waals surface area contributed by atoms with Crippen LogP contribution in [0.2, 0.25) is 0 Å². The number of fused-ring (bicyclic) bond motifs is 1. The van der Waals surface area contributed by atoms with Crippen molar-refractivity contribution in [2.24, 2.45) is 0 Å². The van der Waals surface area contributed by atoms with E-state index in [1.165, 1.54) is 0 Å². The molecule has 0 aliphatic rings. The quantitative estimate of drug-likeness (QED) is 0.689. The zero-order valence-corrected chi connectivity index (χ0v) is 12.7. The molecular weight excluding hydrogens is 258 g/mol. The van der Waals surface area contributed by atoms with Crippen molar-refractivity contribution in [2.75, 3.05) is 11.4 Å². The van der Waals surface area contributed by atoms with Gasteiger partial charge in [0.25, 0.3) is 0 Å². The third-order valence-corrected chi connectivity index (χ3v) is 3.05. The van der Waals surface area contributed by atoms with Gasteiger partial charge in [-0.1, -0.05) is 32.0 Å². The molecule has 2 aromatic heterocycles. The van der Waals surface area contributed by atoms with Crippen LogP contribution in [-0.2, 0) is 0 Å². The number of nitrogens with zero attached hydrogens (tertiary/aromatic N) is 3. The van der Waals surface area contributed by atoms with Crippen LogP contribution in [0.25, 0.3) is 11.0 Å². The molecule has 0 bridgehead atoms. The van der Waals surface area contributed by atoms with E-state index < -0.39 is 0 Å². The standard InChI is InChI=1S/C16H15N3.C2H6/c1-2-19(13-7-4-3-5-8-13)16-11-10-14-15(18-16)9-6-12-17-14;1-2/h3-12H,2H2,1H3;1-2H3/i6D;. The fraction of sp³-hybridized carbons (Fsp3) is 0.222. The Labute approximate surface area is 127 Å². The fourth-order valence-electron chi connectivity index (χ4n) is 2.13.